The van der Waals surface area contributed by atoms with Crippen molar-refractivity contribution in [1.29, 1.82) is 0 Å². The van der Waals surface area contributed by atoms with Gasteiger partial charge in [-0.3, -0.25) is 9.59 Å². The summed E-state index contributed by atoms with van der Waals surface area (Å²) in [4.78, 5) is 30.0. The summed E-state index contributed by atoms with van der Waals surface area (Å²) < 4.78 is 5.28. The quantitative estimate of drug-likeness (QED) is 0.408. The number of carbonyl (C=O) groups excluding carboxylic acids is 2. The fourth-order valence-electron chi connectivity index (χ4n) is 4.41. The molecule has 2 amide bonds. The molecule has 1 unspecified atom stereocenters. The fraction of sp³-hybridized carbons (Fsp3) is 0.333. The van der Waals surface area contributed by atoms with Gasteiger partial charge < -0.3 is 15.0 Å². The number of thiophene rings is 1. The Bertz CT molecular complexity index is 1100. The summed E-state index contributed by atoms with van der Waals surface area (Å²) in [6.07, 6.45) is 4.36. The third kappa shape index (κ3) is 5.99. The maximum Gasteiger partial charge on any atom is 0.247 e. The zero-order valence-corrected chi connectivity index (χ0v) is 20.8. The van der Waals surface area contributed by atoms with Crippen LogP contribution in [-0.4, -0.2) is 29.9 Å². The molecule has 5 nitrogen and oxygen atoms in total. The highest BCUT2D eigenvalue weighted by molar-refractivity contribution is 7.10. The molecule has 1 N–H and O–H groups in total. The van der Waals surface area contributed by atoms with Gasteiger partial charge in [-0.1, -0.05) is 60.8 Å². The Balaban J connectivity index is 1.70. The van der Waals surface area contributed by atoms with Crippen LogP contribution in [0.4, 0.5) is 0 Å². The molecule has 178 valence electrons. The summed E-state index contributed by atoms with van der Waals surface area (Å²) in [5.41, 5.74) is 1.54. The Hall–Kier alpha value is -2.83. The van der Waals surface area contributed by atoms with Crippen LogP contribution in [0.1, 0.15) is 47.7 Å². The summed E-state index contributed by atoms with van der Waals surface area (Å²) in [5, 5.41) is 5.62. The summed E-state index contributed by atoms with van der Waals surface area (Å²) in [6.45, 7) is 0.280. The van der Waals surface area contributed by atoms with Gasteiger partial charge in [-0.15, -0.1) is 11.3 Å². The number of hydrogen-bond acceptors (Lipinski definition) is 4. The van der Waals surface area contributed by atoms with Crippen LogP contribution < -0.4 is 10.1 Å². The molecule has 0 spiro atoms. The van der Waals surface area contributed by atoms with E-state index >= 15 is 0 Å². The maximum absolute atomic E-state index is 13.7. The van der Waals surface area contributed by atoms with Crippen molar-refractivity contribution in [2.24, 2.45) is 0 Å². The topological polar surface area (TPSA) is 58.6 Å². The summed E-state index contributed by atoms with van der Waals surface area (Å²) in [5.74, 6) is 0.430. The van der Waals surface area contributed by atoms with Crippen molar-refractivity contribution in [1.82, 2.24) is 10.2 Å². The van der Waals surface area contributed by atoms with Crippen LogP contribution in [0.5, 0.6) is 5.75 Å². The van der Waals surface area contributed by atoms with Crippen LogP contribution >= 0.6 is 22.9 Å². The first-order valence-corrected chi connectivity index (χ1v) is 12.8. The van der Waals surface area contributed by atoms with Crippen molar-refractivity contribution in [3.05, 3.63) is 87.1 Å². The lowest BCUT2D eigenvalue weighted by atomic mass is 10.0. The zero-order chi connectivity index (χ0) is 23.9. The predicted octanol–water partition coefficient (Wildman–Crippen LogP) is 5.78. The molecule has 3 aromatic rings. The smallest absolute Gasteiger partial charge is 0.247 e. The SMILES string of the molecule is COc1ccc(CN(C(=O)Cc2cccs2)C(C(=O)NC2CCCC2)c2ccccc2Cl)cc1. The minimum absolute atomic E-state index is 0.121. The Morgan fingerprint density at radius 1 is 1.09 bits per heavy atom. The highest BCUT2D eigenvalue weighted by atomic mass is 35.5. The number of benzene rings is 2. The van der Waals surface area contributed by atoms with Crippen molar-refractivity contribution < 1.29 is 14.3 Å². The molecule has 4 rings (SSSR count). The molecule has 1 atom stereocenters. The number of halogens is 1. The lowest BCUT2D eigenvalue weighted by Crippen LogP contribution is -2.46. The molecule has 7 heteroatoms. The monoisotopic (exact) mass is 496 g/mol. The van der Waals surface area contributed by atoms with E-state index in [2.05, 4.69) is 5.32 Å². The van der Waals surface area contributed by atoms with E-state index in [0.717, 1.165) is 41.9 Å². The van der Waals surface area contributed by atoms with Gasteiger partial charge in [-0.2, -0.15) is 0 Å². The lowest BCUT2D eigenvalue weighted by molar-refractivity contribution is -0.141. The molecule has 0 saturated heterocycles. The second-order valence-electron chi connectivity index (χ2n) is 8.54. The van der Waals surface area contributed by atoms with Gasteiger partial charge in [0.1, 0.15) is 11.8 Å². The molecule has 1 aliphatic carbocycles. The molecule has 34 heavy (non-hydrogen) atoms. The average molecular weight is 497 g/mol. The van der Waals surface area contributed by atoms with Gasteiger partial charge >= 0.3 is 0 Å². The van der Waals surface area contributed by atoms with Gasteiger partial charge in [0.25, 0.3) is 0 Å². The van der Waals surface area contributed by atoms with Gasteiger partial charge in [0, 0.05) is 28.0 Å². The van der Waals surface area contributed by atoms with Crippen molar-refractivity contribution in [3.8, 4) is 5.75 Å². The first-order valence-electron chi connectivity index (χ1n) is 11.5. The fourth-order valence-corrected chi connectivity index (χ4v) is 5.35. The number of carbonyl (C=O) groups is 2. The number of amides is 2. The number of nitrogens with zero attached hydrogens (tertiary/aromatic N) is 1. The Morgan fingerprint density at radius 3 is 2.47 bits per heavy atom. The number of hydrogen-bond donors (Lipinski definition) is 1. The standard InChI is InChI=1S/C27H29ClN2O3S/c1-33-21-14-12-19(13-15-21)18-30(25(31)17-22-9-6-16-34-22)26(23-10-4-5-11-24(23)28)27(32)29-20-7-2-3-8-20/h4-6,9-16,20,26H,2-3,7-8,17-18H2,1H3,(H,29,32). The third-order valence-corrected chi connectivity index (χ3v) is 7.42. The summed E-state index contributed by atoms with van der Waals surface area (Å²) in [6, 6.07) is 18.0. The zero-order valence-electron chi connectivity index (χ0n) is 19.2. The van der Waals surface area contributed by atoms with E-state index < -0.39 is 6.04 Å². The van der Waals surface area contributed by atoms with Gasteiger partial charge in [0.05, 0.1) is 13.5 Å². The van der Waals surface area contributed by atoms with E-state index in [1.807, 2.05) is 60.0 Å². The van der Waals surface area contributed by atoms with Gasteiger partial charge in [-0.05, 0) is 48.1 Å². The molecule has 0 bridgehead atoms. The number of methoxy groups -OCH3 is 1. The van der Waals surface area contributed by atoms with E-state index in [1.165, 1.54) is 11.3 Å². The Morgan fingerprint density at radius 2 is 1.82 bits per heavy atom. The molecule has 2 aromatic carbocycles. The lowest BCUT2D eigenvalue weighted by Gasteiger charge is -2.33. The normalized spacial score (nSPS) is 14.5. The van der Waals surface area contributed by atoms with Crippen molar-refractivity contribution >= 4 is 34.8 Å². The molecular formula is C27H29ClN2O3S. The Kier molecular flexibility index (Phi) is 8.25. The molecule has 1 aliphatic rings. The van der Waals surface area contributed by atoms with E-state index in [1.54, 1.807) is 18.1 Å². The summed E-state index contributed by atoms with van der Waals surface area (Å²) in [7, 11) is 1.62. The van der Waals surface area contributed by atoms with Gasteiger partial charge in [0.15, 0.2) is 0 Å². The highest BCUT2D eigenvalue weighted by Gasteiger charge is 2.34. The van der Waals surface area contributed by atoms with Crippen LogP contribution in [0.15, 0.2) is 66.0 Å². The number of rotatable bonds is 9. The van der Waals surface area contributed by atoms with Crippen LogP contribution in [0, 0.1) is 0 Å². The molecule has 1 heterocycles. The number of nitrogens with one attached hydrogen (secondary N) is 1. The van der Waals surface area contributed by atoms with Crippen LogP contribution in [-0.2, 0) is 22.6 Å². The third-order valence-electron chi connectivity index (χ3n) is 6.20. The van der Waals surface area contributed by atoms with Crippen LogP contribution in [0.2, 0.25) is 5.02 Å². The molecule has 1 saturated carbocycles. The first kappa shape index (κ1) is 24.3. The van der Waals surface area contributed by atoms with Crippen molar-refractivity contribution in [3.63, 3.8) is 0 Å². The second kappa shape index (κ2) is 11.5. The molecular weight excluding hydrogens is 468 g/mol. The number of ether oxygens (including phenoxy) is 1. The molecule has 1 aromatic heterocycles. The minimum Gasteiger partial charge on any atom is -0.497 e. The van der Waals surface area contributed by atoms with E-state index in [9.17, 15) is 9.59 Å². The van der Waals surface area contributed by atoms with E-state index in [0.29, 0.717) is 10.6 Å². The molecule has 0 radical (unpaired) electrons. The summed E-state index contributed by atoms with van der Waals surface area (Å²) >= 11 is 8.12. The average Bonchev–Trinajstić information content (AvgIpc) is 3.55. The minimum atomic E-state index is -0.830. The maximum atomic E-state index is 13.7. The molecule has 0 aliphatic heterocycles. The first-order chi connectivity index (χ1) is 16.5. The Labute approximate surface area is 209 Å². The van der Waals surface area contributed by atoms with Crippen molar-refractivity contribution in [2.45, 2.75) is 50.7 Å². The van der Waals surface area contributed by atoms with Crippen molar-refractivity contribution in [2.75, 3.05) is 7.11 Å². The van der Waals surface area contributed by atoms with E-state index in [-0.39, 0.29) is 30.8 Å². The van der Waals surface area contributed by atoms with Gasteiger partial charge in [-0.25, -0.2) is 0 Å². The second-order valence-corrected chi connectivity index (χ2v) is 9.98. The predicted molar refractivity (Wildman–Crippen MR) is 136 cm³/mol. The van der Waals surface area contributed by atoms with Crippen LogP contribution in [0.3, 0.4) is 0 Å². The highest BCUT2D eigenvalue weighted by Crippen LogP contribution is 2.31. The van der Waals surface area contributed by atoms with Crippen LogP contribution in [0.25, 0.3) is 0 Å². The largest absolute Gasteiger partial charge is 0.497 e. The van der Waals surface area contributed by atoms with Gasteiger partial charge in [0.2, 0.25) is 11.8 Å². The molecule has 1 fully saturated rings. The van der Waals surface area contributed by atoms with E-state index in [4.69, 9.17) is 16.3 Å².